The van der Waals surface area contributed by atoms with Gasteiger partial charge in [0.15, 0.2) is 0 Å². The highest BCUT2D eigenvalue weighted by molar-refractivity contribution is 7.91. The Labute approximate surface area is 138 Å². The zero-order chi connectivity index (χ0) is 16.5. The van der Waals surface area contributed by atoms with E-state index in [0.29, 0.717) is 4.88 Å². The molecule has 10 heteroatoms. The van der Waals surface area contributed by atoms with E-state index in [0.717, 1.165) is 20.5 Å². The van der Waals surface area contributed by atoms with Crippen LogP contribution in [0, 0.1) is 6.92 Å². The molecule has 0 atom stereocenters. The molecule has 0 fully saturated rings. The van der Waals surface area contributed by atoms with E-state index in [1.165, 1.54) is 31.5 Å². The maximum absolute atomic E-state index is 12.1. The van der Waals surface area contributed by atoms with Crippen molar-refractivity contribution in [2.24, 2.45) is 0 Å². The van der Waals surface area contributed by atoms with Crippen LogP contribution in [0.4, 0.5) is 0 Å². The molecule has 1 N–H and O–H groups in total. The summed E-state index contributed by atoms with van der Waals surface area (Å²) in [6.07, 6.45) is 0. The van der Waals surface area contributed by atoms with Gasteiger partial charge in [-0.1, -0.05) is 0 Å². The molecular weight excluding hydrogens is 364 g/mol. The van der Waals surface area contributed by atoms with E-state index in [2.05, 4.69) is 4.72 Å². The van der Waals surface area contributed by atoms with Crippen molar-refractivity contribution in [3.8, 4) is 0 Å². The lowest BCUT2D eigenvalue weighted by Gasteiger charge is -2.08. The molecule has 122 valence electrons. The van der Waals surface area contributed by atoms with Crippen LogP contribution in [0.3, 0.4) is 0 Å². The number of thiophene rings is 2. The van der Waals surface area contributed by atoms with Crippen LogP contribution >= 0.6 is 22.7 Å². The fourth-order valence-electron chi connectivity index (χ4n) is 1.57. The molecule has 2 aromatic heterocycles. The van der Waals surface area contributed by atoms with Crippen LogP contribution in [0.5, 0.6) is 0 Å². The Morgan fingerprint density at radius 2 is 1.64 bits per heavy atom. The predicted molar refractivity (Wildman–Crippen MR) is 88.3 cm³/mol. The van der Waals surface area contributed by atoms with Gasteiger partial charge in [-0.2, -0.15) is 0 Å². The highest BCUT2D eigenvalue weighted by Gasteiger charge is 2.21. The number of aryl methyl sites for hydroxylation is 1. The molecule has 0 aliphatic rings. The topological polar surface area (TPSA) is 83.5 Å². The third-order valence-corrected chi connectivity index (χ3v) is 9.05. The molecule has 0 aromatic carbocycles. The molecule has 0 radical (unpaired) electrons. The zero-order valence-corrected chi connectivity index (χ0v) is 15.5. The van der Waals surface area contributed by atoms with Gasteiger partial charge in [0.25, 0.3) is 10.0 Å². The summed E-state index contributed by atoms with van der Waals surface area (Å²) < 4.78 is 52.2. The minimum atomic E-state index is -3.56. The Morgan fingerprint density at radius 3 is 2.18 bits per heavy atom. The Balaban J connectivity index is 2.12. The van der Waals surface area contributed by atoms with Gasteiger partial charge in [-0.25, -0.2) is 25.9 Å². The molecule has 0 aliphatic heterocycles. The molecule has 22 heavy (non-hydrogen) atoms. The normalized spacial score (nSPS) is 12.9. The van der Waals surface area contributed by atoms with E-state index in [1.807, 2.05) is 6.92 Å². The van der Waals surface area contributed by atoms with E-state index in [-0.39, 0.29) is 15.0 Å². The van der Waals surface area contributed by atoms with Crippen molar-refractivity contribution in [3.63, 3.8) is 0 Å². The summed E-state index contributed by atoms with van der Waals surface area (Å²) in [5, 5.41) is 0. The van der Waals surface area contributed by atoms with Crippen molar-refractivity contribution in [2.75, 3.05) is 14.1 Å². The number of nitrogens with zero attached hydrogens (tertiary/aromatic N) is 1. The van der Waals surface area contributed by atoms with Crippen LogP contribution in [-0.2, 0) is 26.6 Å². The smallest absolute Gasteiger partial charge is 0.206 e. The van der Waals surface area contributed by atoms with E-state index in [4.69, 9.17) is 0 Å². The first-order valence-electron chi connectivity index (χ1n) is 6.20. The zero-order valence-electron chi connectivity index (χ0n) is 12.2. The Kier molecular flexibility index (Phi) is 5.09. The summed E-state index contributed by atoms with van der Waals surface area (Å²) in [4.78, 5) is 1.55. The molecular formula is C12H16N2O4S4. The van der Waals surface area contributed by atoms with Gasteiger partial charge in [0.05, 0.1) is 0 Å². The van der Waals surface area contributed by atoms with E-state index < -0.39 is 20.0 Å². The monoisotopic (exact) mass is 380 g/mol. The molecule has 0 saturated carbocycles. The maximum Gasteiger partial charge on any atom is 0.252 e. The molecule has 6 nitrogen and oxygen atoms in total. The van der Waals surface area contributed by atoms with Crippen molar-refractivity contribution < 1.29 is 16.8 Å². The second kappa shape index (κ2) is 6.38. The fourth-order valence-corrected chi connectivity index (χ4v) is 6.46. The highest BCUT2D eigenvalue weighted by atomic mass is 32.3. The number of rotatable bonds is 6. The standard InChI is InChI=1S/C12H16N2O4S4/c1-9-4-6-11(19-9)21(15,16)13-8-10-5-7-12(20-10)22(17,18)14(2)3/h4-7,13H,8H2,1-3H3. The summed E-state index contributed by atoms with van der Waals surface area (Å²) >= 11 is 2.25. The number of hydrogen-bond acceptors (Lipinski definition) is 6. The highest BCUT2D eigenvalue weighted by Crippen LogP contribution is 2.25. The lowest BCUT2D eigenvalue weighted by atomic mass is 10.5. The Hall–Kier alpha value is -0.780. The average molecular weight is 381 g/mol. The molecule has 2 aromatic rings. The number of hydrogen-bond donors (Lipinski definition) is 1. The van der Waals surface area contributed by atoms with Crippen LogP contribution in [0.1, 0.15) is 9.75 Å². The maximum atomic E-state index is 12.1. The van der Waals surface area contributed by atoms with Crippen LogP contribution in [-0.4, -0.2) is 35.2 Å². The first kappa shape index (κ1) is 17.6. The molecule has 0 saturated heterocycles. The predicted octanol–water partition coefficient (Wildman–Crippen LogP) is 1.85. The summed E-state index contributed by atoms with van der Waals surface area (Å²) in [6, 6.07) is 6.40. The molecule has 0 spiro atoms. The quantitative estimate of drug-likeness (QED) is 0.829. The van der Waals surface area contributed by atoms with Gasteiger partial charge in [-0.05, 0) is 31.2 Å². The van der Waals surface area contributed by atoms with Gasteiger partial charge in [-0.15, -0.1) is 22.7 Å². The third kappa shape index (κ3) is 3.76. The van der Waals surface area contributed by atoms with E-state index in [1.54, 1.807) is 18.2 Å². The summed E-state index contributed by atoms with van der Waals surface area (Å²) in [5.41, 5.74) is 0. The Bertz CT molecular complexity index is 863. The molecule has 0 amide bonds. The van der Waals surface area contributed by atoms with Crippen molar-refractivity contribution >= 4 is 42.7 Å². The van der Waals surface area contributed by atoms with Crippen molar-refractivity contribution in [3.05, 3.63) is 34.0 Å². The Morgan fingerprint density at radius 1 is 1.00 bits per heavy atom. The minimum absolute atomic E-state index is 0.0624. The van der Waals surface area contributed by atoms with Crippen LogP contribution < -0.4 is 4.72 Å². The molecule has 0 bridgehead atoms. The lowest BCUT2D eigenvalue weighted by Crippen LogP contribution is -2.22. The van der Waals surface area contributed by atoms with Crippen molar-refractivity contribution in [2.45, 2.75) is 21.9 Å². The third-order valence-electron chi connectivity index (χ3n) is 2.79. The fraction of sp³-hybridized carbons (Fsp3) is 0.333. The van der Waals surface area contributed by atoms with Crippen LogP contribution in [0.15, 0.2) is 32.7 Å². The van der Waals surface area contributed by atoms with Gasteiger partial charge >= 0.3 is 0 Å². The second-order valence-electron chi connectivity index (χ2n) is 4.70. The lowest BCUT2D eigenvalue weighted by molar-refractivity contribution is 0.523. The number of sulfonamides is 2. The van der Waals surface area contributed by atoms with Crippen molar-refractivity contribution in [1.82, 2.24) is 9.03 Å². The van der Waals surface area contributed by atoms with Gasteiger partial charge in [0, 0.05) is 30.4 Å². The van der Waals surface area contributed by atoms with Gasteiger partial charge in [0.1, 0.15) is 8.42 Å². The summed E-state index contributed by atoms with van der Waals surface area (Å²) in [6.45, 7) is 1.90. The molecule has 2 rings (SSSR count). The van der Waals surface area contributed by atoms with Gasteiger partial charge < -0.3 is 0 Å². The molecule has 0 aliphatic carbocycles. The van der Waals surface area contributed by atoms with E-state index in [9.17, 15) is 16.8 Å². The largest absolute Gasteiger partial charge is 0.252 e. The minimum Gasteiger partial charge on any atom is -0.206 e. The molecule has 0 unspecified atom stereocenters. The summed E-state index contributed by atoms with van der Waals surface area (Å²) in [7, 11) is -4.14. The van der Waals surface area contributed by atoms with Crippen LogP contribution in [0.2, 0.25) is 0 Å². The first-order valence-corrected chi connectivity index (χ1v) is 10.8. The van der Waals surface area contributed by atoms with Gasteiger partial charge in [0.2, 0.25) is 10.0 Å². The average Bonchev–Trinajstić information content (AvgIpc) is 3.05. The van der Waals surface area contributed by atoms with Crippen molar-refractivity contribution in [1.29, 1.82) is 0 Å². The van der Waals surface area contributed by atoms with Gasteiger partial charge in [-0.3, -0.25) is 0 Å². The SMILES string of the molecule is Cc1ccc(S(=O)(=O)NCc2ccc(S(=O)(=O)N(C)C)s2)s1. The van der Waals surface area contributed by atoms with Crippen LogP contribution in [0.25, 0.3) is 0 Å². The van der Waals surface area contributed by atoms with E-state index >= 15 is 0 Å². The number of nitrogens with one attached hydrogen (secondary N) is 1. The second-order valence-corrected chi connectivity index (χ2v) is 11.5. The first-order chi connectivity index (χ1) is 10.1. The summed E-state index contributed by atoms with van der Waals surface area (Å²) in [5.74, 6) is 0. The molecule has 2 heterocycles.